The van der Waals surface area contributed by atoms with E-state index in [0.29, 0.717) is 19.6 Å². The van der Waals surface area contributed by atoms with E-state index in [4.69, 9.17) is 17.5 Å². The van der Waals surface area contributed by atoms with Crippen molar-refractivity contribution in [1.82, 2.24) is 4.81 Å². The van der Waals surface area contributed by atoms with Gasteiger partial charge in [-0.2, -0.15) is 0 Å². The van der Waals surface area contributed by atoms with Crippen LogP contribution in [0.5, 0.6) is 5.75 Å². The van der Waals surface area contributed by atoms with Crippen molar-refractivity contribution < 1.29 is 14.3 Å². The van der Waals surface area contributed by atoms with E-state index in [1.54, 1.807) is 7.11 Å². The summed E-state index contributed by atoms with van der Waals surface area (Å²) in [4.78, 5) is 16.3. The molecule has 0 fully saturated rings. The van der Waals surface area contributed by atoms with Crippen LogP contribution in [0.4, 0.5) is 5.69 Å². The van der Waals surface area contributed by atoms with Crippen LogP contribution in [0.2, 0.25) is 0 Å². The molecule has 23 heavy (non-hydrogen) atoms. The minimum absolute atomic E-state index is 0.0195. The minimum Gasteiger partial charge on any atom is -0.478 e. The Labute approximate surface area is 139 Å². The number of rotatable bonds is 4. The van der Waals surface area contributed by atoms with E-state index < -0.39 is 6.10 Å². The maximum atomic E-state index is 12.6. The average Bonchev–Trinajstić information content (AvgIpc) is 2.74. The van der Waals surface area contributed by atoms with Crippen molar-refractivity contribution in [2.45, 2.75) is 32.3 Å². The van der Waals surface area contributed by atoms with Gasteiger partial charge in [0.2, 0.25) is 0 Å². The number of ether oxygens (including phenoxy) is 2. The van der Waals surface area contributed by atoms with E-state index in [-0.39, 0.29) is 5.91 Å². The number of methoxy groups -OCH3 is 1. The molecule has 3 rings (SSSR count). The topological polar surface area (TPSA) is 42.0 Å². The Bertz CT molecular complexity index is 593. The zero-order chi connectivity index (χ0) is 16.4. The molecule has 1 aromatic carbocycles. The second kappa shape index (κ2) is 6.93. The summed E-state index contributed by atoms with van der Waals surface area (Å²) in [6.07, 6.45) is 2.05. The van der Waals surface area contributed by atoms with Gasteiger partial charge in [0.25, 0.3) is 5.91 Å². The first-order valence-electron chi connectivity index (χ1n) is 8.26. The van der Waals surface area contributed by atoms with Crippen molar-refractivity contribution in [3.8, 4) is 5.75 Å². The highest BCUT2D eigenvalue weighted by Gasteiger charge is 2.34. The molecule has 6 heteroatoms. The van der Waals surface area contributed by atoms with Crippen LogP contribution in [0.15, 0.2) is 12.1 Å². The Morgan fingerprint density at radius 3 is 2.65 bits per heavy atom. The zero-order valence-electron chi connectivity index (χ0n) is 13.9. The monoisotopic (exact) mass is 314 g/mol. The first kappa shape index (κ1) is 16.3. The smallest absolute Gasteiger partial charge is 0.268 e. The van der Waals surface area contributed by atoms with Crippen LogP contribution in [-0.4, -0.2) is 58.2 Å². The van der Waals surface area contributed by atoms with Crippen LogP contribution < -0.4 is 9.64 Å². The van der Waals surface area contributed by atoms with Crippen molar-refractivity contribution in [2.24, 2.45) is 0 Å². The molecular formula is C17H23BN2O3. The van der Waals surface area contributed by atoms with Gasteiger partial charge in [-0.3, -0.25) is 4.79 Å². The molecule has 0 bridgehead atoms. The van der Waals surface area contributed by atoms with Gasteiger partial charge in [-0.25, -0.2) is 0 Å². The Hall–Kier alpha value is -1.53. The third-order valence-electron chi connectivity index (χ3n) is 4.61. The molecule has 2 heterocycles. The summed E-state index contributed by atoms with van der Waals surface area (Å²) in [5.74, 6) is 0.822. The first-order chi connectivity index (χ1) is 11.1. The first-order valence-corrected chi connectivity index (χ1v) is 8.26. The maximum Gasteiger partial charge on any atom is 0.268 e. The normalized spacial score (nSPS) is 21.4. The quantitative estimate of drug-likeness (QED) is 0.786. The lowest BCUT2D eigenvalue weighted by molar-refractivity contribution is -0.126. The zero-order valence-corrected chi connectivity index (χ0v) is 13.9. The van der Waals surface area contributed by atoms with Crippen molar-refractivity contribution >= 4 is 19.6 Å². The molecule has 0 saturated heterocycles. The predicted octanol–water partition coefficient (Wildman–Crippen LogP) is 1.32. The minimum atomic E-state index is -0.408. The van der Waals surface area contributed by atoms with Gasteiger partial charge in [0.1, 0.15) is 5.75 Å². The highest BCUT2D eigenvalue weighted by atomic mass is 16.5. The summed E-state index contributed by atoms with van der Waals surface area (Å²) < 4.78 is 11.1. The van der Waals surface area contributed by atoms with Gasteiger partial charge in [-0.05, 0) is 55.6 Å². The van der Waals surface area contributed by atoms with Gasteiger partial charge in [0, 0.05) is 13.7 Å². The van der Waals surface area contributed by atoms with Crippen LogP contribution in [-0.2, 0) is 22.4 Å². The number of nitrogens with zero attached hydrogens (tertiary/aromatic N) is 2. The Morgan fingerprint density at radius 2 is 2.00 bits per heavy atom. The largest absolute Gasteiger partial charge is 0.478 e. The summed E-state index contributed by atoms with van der Waals surface area (Å²) >= 11 is 0. The SMILES string of the molecule is [B]N1CCc2cc3c(cc2CC1)N(CCOC)C(=O)C(CC)O3. The lowest BCUT2D eigenvalue weighted by Gasteiger charge is -2.34. The molecule has 1 aromatic rings. The number of amides is 1. The number of hydrogen-bond donors (Lipinski definition) is 0. The summed E-state index contributed by atoms with van der Waals surface area (Å²) in [7, 11) is 7.60. The summed E-state index contributed by atoms with van der Waals surface area (Å²) in [6.45, 7) is 4.70. The molecule has 0 aliphatic carbocycles. The van der Waals surface area contributed by atoms with Crippen LogP contribution in [0, 0.1) is 0 Å². The summed E-state index contributed by atoms with van der Waals surface area (Å²) in [5.41, 5.74) is 3.39. The fraction of sp³-hybridized carbons (Fsp3) is 0.588. The predicted molar refractivity (Wildman–Crippen MR) is 90.1 cm³/mol. The molecule has 0 aromatic heterocycles. The van der Waals surface area contributed by atoms with Crippen LogP contribution >= 0.6 is 0 Å². The van der Waals surface area contributed by atoms with Gasteiger partial charge in [-0.1, -0.05) is 6.92 Å². The number of carbonyl (C=O) groups excluding carboxylic acids is 1. The van der Waals surface area contributed by atoms with Crippen LogP contribution in [0.1, 0.15) is 24.5 Å². The fourth-order valence-electron chi connectivity index (χ4n) is 3.23. The van der Waals surface area contributed by atoms with Crippen LogP contribution in [0.3, 0.4) is 0 Å². The molecule has 2 radical (unpaired) electrons. The Balaban J connectivity index is 1.98. The number of benzene rings is 1. The lowest BCUT2D eigenvalue weighted by atomic mass is 9.99. The van der Waals surface area contributed by atoms with E-state index in [9.17, 15) is 4.79 Å². The molecule has 2 aliphatic rings. The third kappa shape index (κ3) is 3.24. The van der Waals surface area contributed by atoms with Gasteiger partial charge in [0.05, 0.1) is 12.3 Å². The fourth-order valence-corrected chi connectivity index (χ4v) is 3.23. The lowest BCUT2D eigenvalue weighted by Crippen LogP contribution is -2.47. The number of anilines is 1. The van der Waals surface area contributed by atoms with Crippen molar-refractivity contribution in [3.05, 3.63) is 23.3 Å². The number of fused-ring (bicyclic) bond motifs is 2. The van der Waals surface area contributed by atoms with E-state index in [0.717, 1.165) is 37.4 Å². The molecule has 0 N–H and O–H groups in total. The molecule has 0 saturated carbocycles. The molecule has 1 atom stereocenters. The van der Waals surface area contributed by atoms with Crippen molar-refractivity contribution in [2.75, 3.05) is 38.3 Å². The molecule has 1 unspecified atom stereocenters. The standard InChI is InChI=1S/C17H23BN2O3/c1-3-15-17(21)20(8-9-22-2)14-10-12-4-6-19(18)7-5-13(12)11-16(14)23-15/h10-11,15H,3-9H2,1-2H3. The highest BCUT2D eigenvalue weighted by molar-refractivity contribution is 6.04. The highest BCUT2D eigenvalue weighted by Crippen LogP contribution is 2.38. The van der Waals surface area contributed by atoms with Gasteiger partial charge in [-0.15, -0.1) is 0 Å². The molecule has 2 aliphatic heterocycles. The van der Waals surface area contributed by atoms with Gasteiger partial charge < -0.3 is 19.2 Å². The van der Waals surface area contributed by atoms with Gasteiger partial charge in [0.15, 0.2) is 14.1 Å². The molecule has 0 spiro atoms. The van der Waals surface area contributed by atoms with E-state index in [1.165, 1.54) is 11.1 Å². The molecular weight excluding hydrogens is 291 g/mol. The van der Waals surface area contributed by atoms with Crippen LogP contribution in [0.25, 0.3) is 0 Å². The Morgan fingerprint density at radius 1 is 1.30 bits per heavy atom. The Kier molecular flexibility index (Phi) is 4.92. The summed E-state index contributed by atoms with van der Waals surface area (Å²) in [5, 5.41) is 0. The summed E-state index contributed by atoms with van der Waals surface area (Å²) in [6, 6.07) is 4.20. The van der Waals surface area contributed by atoms with E-state index in [2.05, 4.69) is 12.1 Å². The van der Waals surface area contributed by atoms with Crippen molar-refractivity contribution in [3.63, 3.8) is 0 Å². The van der Waals surface area contributed by atoms with E-state index >= 15 is 0 Å². The maximum absolute atomic E-state index is 12.6. The van der Waals surface area contributed by atoms with Gasteiger partial charge >= 0.3 is 0 Å². The second-order valence-electron chi connectivity index (χ2n) is 6.12. The molecule has 1 amide bonds. The third-order valence-corrected chi connectivity index (χ3v) is 4.61. The van der Waals surface area contributed by atoms with Crippen molar-refractivity contribution in [1.29, 1.82) is 0 Å². The number of hydrogen-bond acceptors (Lipinski definition) is 4. The molecule has 122 valence electrons. The second-order valence-corrected chi connectivity index (χ2v) is 6.12. The van der Waals surface area contributed by atoms with E-state index in [1.807, 2.05) is 16.6 Å². The number of carbonyl (C=O) groups is 1. The molecule has 5 nitrogen and oxygen atoms in total. The average molecular weight is 314 g/mol.